The van der Waals surface area contributed by atoms with Gasteiger partial charge in [-0.3, -0.25) is 9.48 Å². The van der Waals surface area contributed by atoms with Crippen LogP contribution in [0, 0.1) is 0 Å². The van der Waals surface area contributed by atoms with Crippen molar-refractivity contribution < 1.29 is 9.53 Å². The van der Waals surface area contributed by atoms with E-state index in [0.717, 1.165) is 51.1 Å². The molecule has 0 spiro atoms. The smallest absolute Gasteiger partial charge is 0.261 e. The fraction of sp³-hybridized carbons (Fsp3) is 0.500. The number of thiophene rings is 1. The van der Waals surface area contributed by atoms with Gasteiger partial charge in [0.05, 0.1) is 12.0 Å². The number of carbonyl (C=O) groups is 1. The van der Waals surface area contributed by atoms with Crippen LogP contribution in [-0.4, -0.2) is 53.4 Å². The zero-order valence-corrected chi connectivity index (χ0v) is 19.5. The first-order chi connectivity index (χ1) is 15.1. The van der Waals surface area contributed by atoms with Gasteiger partial charge in [-0.2, -0.15) is 5.10 Å². The Kier molecular flexibility index (Phi) is 6.92. The van der Waals surface area contributed by atoms with Crippen molar-refractivity contribution in [1.82, 2.24) is 20.0 Å². The summed E-state index contributed by atoms with van der Waals surface area (Å²) in [7, 11) is 3.58. The number of methoxy groups -OCH3 is 1. The van der Waals surface area contributed by atoms with Gasteiger partial charge in [-0.25, -0.2) is 0 Å². The lowest BCUT2D eigenvalue weighted by Crippen LogP contribution is -2.40. The molecule has 1 amide bonds. The first kappa shape index (κ1) is 21.8. The molecule has 1 aliphatic heterocycles. The molecule has 1 unspecified atom stereocenters. The van der Waals surface area contributed by atoms with Crippen LogP contribution in [0.25, 0.3) is 21.5 Å². The van der Waals surface area contributed by atoms with E-state index in [-0.39, 0.29) is 5.91 Å². The van der Waals surface area contributed by atoms with Gasteiger partial charge in [0, 0.05) is 37.1 Å². The molecular weight excluding hydrogens is 408 g/mol. The van der Waals surface area contributed by atoms with E-state index in [2.05, 4.69) is 22.2 Å². The number of benzene rings is 1. The lowest BCUT2D eigenvalue weighted by Gasteiger charge is -2.35. The molecule has 3 aromatic rings. The van der Waals surface area contributed by atoms with E-state index >= 15 is 0 Å². The lowest BCUT2D eigenvalue weighted by atomic mass is 10.00. The van der Waals surface area contributed by atoms with E-state index in [4.69, 9.17) is 4.74 Å². The summed E-state index contributed by atoms with van der Waals surface area (Å²) in [5.41, 5.74) is 1.86. The number of hydrogen-bond acceptors (Lipinski definition) is 5. The van der Waals surface area contributed by atoms with Gasteiger partial charge in [0.1, 0.15) is 16.3 Å². The number of nitrogens with one attached hydrogen (secondary N) is 1. The molecule has 1 aromatic carbocycles. The molecule has 1 fully saturated rings. The second-order valence-electron chi connectivity index (χ2n) is 8.24. The first-order valence-corrected chi connectivity index (χ1v) is 12.1. The van der Waals surface area contributed by atoms with Crippen LogP contribution in [0.2, 0.25) is 0 Å². The number of carbonyl (C=O) groups excluding carboxylic acids is 1. The number of amides is 1. The Morgan fingerprint density at radius 2 is 2.19 bits per heavy atom. The number of fused-ring (bicyclic) bond motifs is 1. The summed E-state index contributed by atoms with van der Waals surface area (Å²) in [5, 5.41) is 8.79. The summed E-state index contributed by atoms with van der Waals surface area (Å²) in [6.07, 6.45) is 6.18. The Hall–Kier alpha value is -2.38. The number of aryl methyl sites for hydroxylation is 1. The molecule has 1 N–H and O–H groups in total. The third-order valence-electron chi connectivity index (χ3n) is 6.21. The molecule has 4 rings (SSSR count). The van der Waals surface area contributed by atoms with E-state index in [0.29, 0.717) is 6.54 Å². The fourth-order valence-corrected chi connectivity index (χ4v) is 5.51. The van der Waals surface area contributed by atoms with E-state index in [1.165, 1.54) is 43.6 Å². The van der Waals surface area contributed by atoms with Gasteiger partial charge in [-0.1, -0.05) is 25.5 Å². The molecular formula is C24H32N4O2S. The molecule has 3 heterocycles. The zero-order valence-electron chi connectivity index (χ0n) is 18.7. The predicted molar refractivity (Wildman–Crippen MR) is 127 cm³/mol. The number of aromatic nitrogens is 2. The number of ether oxygens (including phenoxy) is 1. The third-order valence-corrected chi connectivity index (χ3v) is 7.41. The Labute approximate surface area is 188 Å². The van der Waals surface area contributed by atoms with E-state index in [1.807, 2.05) is 42.1 Å². The number of rotatable bonds is 8. The second-order valence-corrected chi connectivity index (χ2v) is 9.27. The van der Waals surface area contributed by atoms with Crippen LogP contribution in [0.4, 0.5) is 0 Å². The normalized spacial score (nSPS) is 17.2. The average molecular weight is 441 g/mol. The van der Waals surface area contributed by atoms with Crippen molar-refractivity contribution in [2.45, 2.75) is 45.1 Å². The third kappa shape index (κ3) is 4.77. The molecule has 1 saturated heterocycles. The van der Waals surface area contributed by atoms with Crippen molar-refractivity contribution in [2.24, 2.45) is 7.05 Å². The van der Waals surface area contributed by atoms with Crippen LogP contribution in [0.1, 0.15) is 48.7 Å². The van der Waals surface area contributed by atoms with Gasteiger partial charge < -0.3 is 15.0 Å². The van der Waals surface area contributed by atoms with E-state index < -0.39 is 0 Å². The Morgan fingerprint density at radius 1 is 1.32 bits per heavy atom. The molecule has 31 heavy (non-hydrogen) atoms. The summed E-state index contributed by atoms with van der Waals surface area (Å²) in [5.74, 6) is 0.798. The van der Waals surface area contributed by atoms with Gasteiger partial charge in [0.15, 0.2) is 0 Å². The highest BCUT2D eigenvalue weighted by atomic mass is 32.1. The number of hydrogen-bond donors (Lipinski definition) is 1. The largest absolute Gasteiger partial charge is 0.497 e. The molecule has 1 atom stereocenters. The highest BCUT2D eigenvalue weighted by Crippen LogP contribution is 2.34. The minimum absolute atomic E-state index is 0.00322. The maximum Gasteiger partial charge on any atom is 0.261 e. The van der Waals surface area contributed by atoms with E-state index in [1.54, 1.807) is 7.11 Å². The topological polar surface area (TPSA) is 59.4 Å². The molecule has 0 aliphatic carbocycles. The number of piperidine rings is 1. The predicted octanol–water partition coefficient (Wildman–Crippen LogP) is 4.69. The minimum Gasteiger partial charge on any atom is -0.497 e. The van der Waals surface area contributed by atoms with Crippen molar-refractivity contribution in [3.05, 3.63) is 35.2 Å². The Bertz CT molecular complexity index is 1040. The molecule has 1 aliphatic rings. The van der Waals surface area contributed by atoms with Crippen LogP contribution in [-0.2, 0) is 7.05 Å². The van der Waals surface area contributed by atoms with Crippen LogP contribution < -0.4 is 10.1 Å². The van der Waals surface area contributed by atoms with Crippen LogP contribution in [0.5, 0.6) is 5.75 Å². The highest BCUT2D eigenvalue weighted by Gasteiger charge is 2.21. The standard InChI is InChI=1S/C24H32N4O2S/c1-4-18-10-5-6-13-28(18)14-8-12-25-23(29)21-16-20-22(26-27(2)24(20)31-21)17-9-7-11-19(15-17)30-3/h7,9,11,15-16,18H,4-6,8,10,12-14H2,1-3H3,(H,25,29). The zero-order chi connectivity index (χ0) is 21.8. The van der Waals surface area contributed by atoms with Gasteiger partial charge in [0.25, 0.3) is 5.91 Å². The van der Waals surface area contributed by atoms with Gasteiger partial charge in [-0.05, 0) is 50.4 Å². The SMILES string of the molecule is CCC1CCCCN1CCCNC(=O)c1cc2c(-c3cccc(OC)c3)nn(C)c2s1. The van der Waals surface area contributed by atoms with Crippen molar-refractivity contribution in [2.75, 3.05) is 26.7 Å². The molecule has 0 radical (unpaired) electrons. The van der Waals surface area contributed by atoms with Crippen molar-refractivity contribution in [1.29, 1.82) is 0 Å². The highest BCUT2D eigenvalue weighted by molar-refractivity contribution is 7.20. The van der Waals surface area contributed by atoms with Crippen molar-refractivity contribution in [3.63, 3.8) is 0 Å². The molecule has 0 bridgehead atoms. The molecule has 7 heteroatoms. The van der Waals surface area contributed by atoms with Crippen LogP contribution in [0.3, 0.4) is 0 Å². The van der Waals surface area contributed by atoms with Crippen LogP contribution in [0.15, 0.2) is 30.3 Å². The van der Waals surface area contributed by atoms with Gasteiger partial charge >= 0.3 is 0 Å². The second kappa shape index (κ2) is 9.83. The van der Waals surface area contributed by atoms with E-state index in [9.17, 15) is 4.79 Å². The maximum absolute atomic E-state index is 12.8. The molecule has 166 valence electrons. The number of nitrogens with zero attached hydrogens (tertiary/aromatic N) is 3. The molecule has 6 nitrogen and oxygen atoms in total. The first-order valence-electron chi connectivity index (χ1n) is 11.2. The summed E-state index contributed by atoms with van der Waals surface area (Å²) >= 11 is 1.49. The fourth-order valence-electron chi connectivity index (χ4n) is 4.52. The molecule has 0 saturated carbocycles. The summed E-state index contributed by atoms with van der Waals surface area (Å²) < 4.78 is 7.21. The summed E-state index contributed by atoms with van der Waals surface area (Å²) in [4.78, 5) is 17.1. The van der Waals surface area contributed by atoms with Crippen LogP contribution >= 0.6 is 11.3 Å². The maximum atomic E-state index is 12.8. The summed E-state index contributed by atoms with van der Waals surface area (Å²) in [6.45, 7) is 5.25. The molecule has 2 aromatic heterocycles. The average Bonchev–Trinajstić information content (AvgIpc) is 3.37. The number of likely N-dealkylation sites (tertiary alicyclic amines) is 1. The van der Waals surface area contributed by atoms with Gasteiger partial charge in [-0.15, -0.1) is 11.3 Å². The van der Waals surface area contributed by atoms with Gasteiger partial charge in [0.2, 0.25) is 0 Å². The minimum atomic E-state index is 0.00322. The Morgan fingerprint density at radius 3 is 3.00 bits per heavy atom. The van der Waals surface area contributed by atoms with Crippen molar-refractivity contribution in [3.8, 4) is 17.0 Å². The lowest BCUT2D eigenvalue weighted by molar-refractivity contribution is 0.0951. The van der Waals surface area contributed by atoms with Crippen molar-refractivity contribution >= 4 is 27.5 Å². The Balaban J connectivity index is 1.41. The monoisotopic (exact) mass is 440 g/mol. The quantitative estimate of drug-likeness (QED) is 0.516. The summed E-state index contributed by atoms with van der Waals surface area (Å²) in [6, 6.07) is 10.6.